The van der Waals surface area contributed by atoms with Crippen molar-refractivity contribution in [2.75, 3.05) is 25.9 Å². The van der Waals surface area contributed by atoms with E-state index < -0.39 is 0 Å². The molecule has 0 fully saturated rings. The van der Waals surface area contributed by atoms with Crippen molar-refractivity contribution < 1.29 is 0 Å². The Morgan fingerprint density at radius 2 is 2.17 bits per heavy atom. The third-order valence-corrected chi connectivity index (χ3v) is 3.72. The maximum atomic E-state index is 5.26. The van der Waals surface area contributed by atoms with Gasteiger partial charge < -0.3 is 15.2 Å². The first-order chi connectivity index (χ1) is 11.1. The molecule has 23 heavy (non-hydrogen) atoms. The monoisotopic (exact) mass is 336 g/mol. The predicted molar refractivity (Wildman–Crippen MR) is 97.8 cm³/mol. The Hall–Kier alpha value is -1.68. The van der Waals surface area contributed by atoms with E-state index in [2.05, 4.69) is 50.2 Å². The van der Waals surface area contributed by atoms with Gasteiger partial charge in [0.2, 0.25) is 0 Å². The lowest BCUT2D eigenvalue weighted by molar-refractivity contribution is 0.477. The van der Waals surface area contributed by atoms with Crippen LogP contribution in [0.25, 0.3) is 0 Å². The molecular formula is C16H28N6S. The molecular weight excluding hydrogens is 308 g/mol. The molecule has 0 saturated heterocycles. The Labute approximate surface area is 143 Å². The lowest BCUT2D eigenvalue weighted by Crippen LogP contribution is -2.37. The Morgan fingerprint density at radius 3 is 2.78 bits per heavy atom. The van der Waals surface area contributed by atoms with Gasteiger partial charge in [-0.1, -0.05) is 31.5 Å². The van der Waals surface area contributed by atoms with Gasteiger partial charge in [0.1, 0.15) is 5.82 Å². The van der Waals surface area contributed by atoms with Crippen molar-refractivity contribution in [2.45, 2.75) is 45.3 Å². The van der Waals surface area contributed by atoms with E-state index in [1.807, 2.05) is 13.2 Å². The molecule has 0 aliphatic carbocycles. The fourth-order valence-electron chi connectivity index (χ4n) is 2.11. The zero-order valence-corrected chi connectivity index (χ0v) is 15.4. The van der Waals surface area contributed by atoms with E-state index in [-0.39, 0.29) is 0 Å². The number of aliphatic imine (C=N–C) groups is 1. The molecule has 0 radical (unpaired) electrons. The molecule has 0 aliphatic rings. The van der Waals surface area contributed by atoms with Crippen LogP contribution in [0.4, 0.5) is 0 Å². The second-order valence-corrected chi connectivity index (χ2v) is 6.30. The SMILES string of the molecule is C#CCNC(=NCCCc1nnc(SC)n1CC(C)C)NCC. The van der Waals surface area contributed by atoms with E-state index in [9.17, 15) is 0 Å². The fraction of sp³-hybridized carbons (Fsp3) is 0.688. The van der Waals surface area contributed by atoms with E-state index in [4.69, 9.17) is 6.42 Å². The molecule has 0 aliphatic heterocycles. The van der Waals surface area contributed by atoms with Gasteiger partial charge in [-0.2, -0.15) is 0 Å². The number of nitrogens with one attached hydrogen (secondary N) is 2. The smallest absolute Gasteiger partial charge is 0.192 e. The molecule has 0 amide bonds. The number of thioether (sulfide) groups is 1. The summed E-state index contributed by atoms with van der Waals surface area (Å²) in [5.74, 6) is 4.93. The first-order valence-electron chi connectivity index (χ1n) is 8.04. The third kappa shape index (κ3) is 6.95. The standard InChI is InChI=1S/C16H28N6S/c1-6-10-18-15(17-7-2)19-11-8-9-14-20-21-16(23-5)22(14)12-13(3)4/h1,13H,7-12H2,2-5H3,(H2,17,18,19). The fourth-order valence-corrected chi connectivity index (χ4v) is 2.63. The number of aryl methyl sites for hydroxylation is 1. The molecule has 0 unspecified atom stereocenters. The van der Waals surface area contributed by atoms with Gasteiger partial charge in [-0.25, -0.2) is 0 Å². The maximum absolute atomic E-state index is 5.26. The van der Waals surface area contributed by atoms with Gasteiger partial charge in [0.15, 0.2) is 11.1 Å². The normalized spacial score (nSPS) is 11.6. The Balaban J connectivity index is 2.57. The number of aromatic nitrogens is 3. The number of guanidine groups is 1. The Bertz CT molecular complexity index is 529. The summed E-state index contributed by atoms with van der Waals surface area (Å²) in [7, 11) is 0. The molecule has 1 aromatic heterocycles. The molecule has 6 nitrogen and oxygen atoms in total. The van der Waals surface area contributed by atoms with E-state index in [1.54, 1.807) is 11.8 Å². The van der Waals surface area contributed by atoms with Crippen LogP contribution in [-0.2, 0) is 13.0 Å². The topological polar surface area (TPSA) is 67.1 Å². The first kappa shape index (κ1) is 19.4. The van der Waals surface area contributed by atoms with Gasteiger partial charge in [0, 0.05) is 26.1 Å². The van der Waals surface area contributed by atoms with Crippen molar-refractivity contribution >= 4 is 17.7 Å². The molecule has 2 N–H and O–H groups in total. The third-order valence-electron chi connectivity index (χ3n) is 3.05. The number of nitrogens with zero attached hydrogens (tertiary/aromatic N) is 4. The summed E-state index contributed by atoms with van der Waals surface area (Å²) in [6.07, 6.45) is 9.10. The molecule has 1 rings (SSSR count). The van der Waals surface area contributed by atoms with Crippen molar-refractivity contribution in [1.82, 2.24) is 25.4 Å². The average molecular weight is 337 g/mol. The van der Waals surface area contributed by atoms with Gasteiger partial charge in [0.05, 0.1) is 6.54 Å². The van der Waals surface area contributed by atoms with Crippen LogP contribution < -0.4 is 10.6 Å². The summed E-state index contributed by atoms with van der Waals surface area (Å²) in [5, 5.41) is 15.8. The van der Waals surface area contributed by atoms with Gasteiger partial charge in [-0.15, -0.1) is 16.6 Å². The quantitative estimate of drug-likeness (QED) is 0.237. The van der Waals surface area contributed by atoms with Crippen LogP contribution in [0.15, 0.2) is 10.1 Å². The van der Waals surface area contributed by atoms with E-state index >= 15 is 0 Å². The van der Waals surface area contributed by atoms with Crippen molar-refractivity contribution in [3.05, 3.63) is 5.82 Å². The van der Waals surface area contributed by atoms with Gasteiger partial charge in [0.25, 0.3) is 0 Å². The summed E-state index contributed by atoms with van der Waals surface area (Å²) in [5.41, 5.74) is 0. The molecule has 0 atom stereocenters. The molecule has 0 aromatic carbocycles. The lowest BCUT2D eigenvalue weighted by atomic mass is 10.2. The van der Waals surface area contributed by atoms with Crippen molar-refractivity contribution in [3.63, 3.8) is 0 Å². The minimum Gasteiger partial charge on any atom is -0.357 e. The van der Waals surface area contributed by atoms with Crippen LogP contribution in [0, 0.1) is 18.3 Å². The van der Waals surface area contributed by atoms with Crippen molar-refractivity contribution in [1.29, 1.82) is 0 Å². The minimum atomic E-state index is 0.478. The predicted octanol–water partition coefficient (Wildman–Crippen LogP) is 1.78. The molecule has 0 spiro atoms. The highest BCUT2D eigenvalue weighted by Gasteiger charge is 2.12. The highest BCUT2D eigenvalue weighted by Crippen LogP contribution is 2.16. The van der Waals surface area contributed by atoms with Gasteiger partial charge in [-0.05, 0) is 25.5 Å². The van der Waals surface area contributed by atoms with E-state index in [0.29, 0.717) is 12.5 Å². The van der Waals surface area contributed by atoms with Gasteiger partial charge >= 0.3 is 0 Å². The second kappa shape index (κ2) is 10.9. The number of terminal acetylenes is 1. The average Bonchev–Trinajstić information content (AvgIpc) is 2.90. The first-order valence-corrected chi connectivity index (χ1v) is 9.26. The number of rotatable bonds is 9. The minimum absolute atomic E-state index is 0.478. The number of hydrogen-bond acceptors (Lipinski definition) is 4. The lowest BCUT2D eigenvalue weighted by Gasteiger charge is -2.11. The van der Waals surface area contributed by atoms with E-state index in [1.165, 1.54) is 0 Å². The van der Waals surface area contributed by atoms with Crippen LogP contribution in [-0.4, -0.2) is 46.6 Å². The molecule has 128 valence electrons. The molecule has 1 aromatic rings. The summed E-state index contributed by atoms with van der Waals surface area (Å²) >= 11 is 1.64. The van der Waals surface area contributed by atoms with Crippen LogP contribution in [0.2, 0.25) is 0 Å². The summed E-state index contributed by atoms with van der Waals surface area (Å²) in [6, 6.07) is 0. The van der Waals surface area contributed by atoms with Crippen LogP contribution in [0.3, 0.4) is 0 Å². The van der Waals surface area contributed by atoms with Crippen LogP contribution in [0.5, 0.6) is 0 Å². The molecule has 0 bridgehead atoms. The summed E-state index contributed by atoms with van der Waals surface area (Å²) in [4.78, 5) is 4.52. The summed E-state index contributed by atoms with van der Waals surface area (Å²) in [6.45, 7) is 9.42. The molecule has 1 heterocycles. The largest absolute Gasteiger partial charge is 0.357 e. The zero-order chi connectivity index (χ0) is 17.1. The zero-order valence-electron chi connectivity index (χ0n) is 14.6. The van der Waals surface area contributed by atoms with Crippen molar-refractivity contribution in [3.8, 4) is 12.3 Å². The maximum Gasteiger partial charge on any atom is 0.192 e. The van der Waals surface area contributed by atoms with Gasteiger partial charge in [-0.3, -0.25) is 4.99 Å². The molecule has 0 saturated carbocycles. The Morgan fingerprint density at radius 1 is 1.39 bits per heavy atom. The summed E-state index contributed by atoms with van der Waals surface area (Å²) < 4.78 is 2.22. The van der Waals surface area contributed by atoms with Crippen molar-refractivity contribution in [2.24, 2.45) is 10.9 Å². The highest BCUT2D eigenvalue weighted by molar-refractivity contribution is 7.98. The van der Waals surface area contributed by atoms with E-state index in [0.717, 1.165) is 49.4 Å². The number of hydrogen-bond donors (Lipinski definition) is 2. The molecule has 7 heteroatoms. The van der Waals surface area contributed by atoms with Crippen LogP contribution >= 0.6 is 11.8 Å². The Kier molecular flexibility index (Phi) is 9.22. The highest BCUT2D eigenvalue weighted by atomic mass is 32.2. The van der Waals surface area contributed by atoms with Crippen LogP contribution in [0.1, 0.15) is 33.0 Å². The second-order valence-electron chi connectivity index (χ2n) is 5.53.